The van der Waals surface area contributed by atoms with Crippen LogP contribution in [0.15, 0.2) is 35.7 Å². The zero-order valence-corrected chi connectivity index (χ0v) is 15.4. The van der Waals surface area contributed by atoms with Gasteiger partial charge in [-0.2, -0.15) is 0 Å². The second-order valence-electron chi connectivity index (χ2n) is 6.01. The van der Waals surface area contributed by atoms with E-state index in [4.69, 9.17) is 0 Å². The molecule has 0 aliphatic heterocycles. The molecule has 1 aromatic heterocycles. The molecular weight excluding hydrogens is 341 g/mol. The van der Waals surface area contributed by atoms with Crippen molar-refractivity contribution in [1.29, 1.82) is 0 Å². The van der Waals surface area contributed by atoms with Crippen molar-refractivity contribution in [2.75, 3.05) is 32.5 Å². The van der Waals surface area contributed by atoms with Gasteiger partial charge in [0.2, 0.25) is 11.8 Å². The van der Waals surface area contributed by atoms with Gasteiger partial charge in [-0.25, -0.2) is 4.39 Å². The van der Waals surface area contributed by atoms with Crippen molar-refractivity contribution in [3.8, 4) is 0 Å². The molecular formula is C18H22FN3O2S. The first-order valence-electron chi connectivity index (χ1n) is 7.86. The van der Waals surface area contributed by atoms with Crippen LogP contribution >= 0.6 is 11.3 Å². The quantitative estimate of drug-likeness (QED) is 0.823. The molecule has 1 heterocycles. The largest absolute Gasteiger partial charge is 0.339 e. The molecule has 0 saturated carbocycles. The van der Waals surface area contributed by atoms with Crippen molar-refractivity contribution in [2.24, 2.45) is 0 Å². The average Bonchev–Trinajstić information content (AvgIpc) is 2.91. The first-order chi connectivity index (χ1) is 11.8. The Labute approximate surface area is 151 Å². The number of rotatable bonds is 7. The minimum Gasteiger partial charge on any atom is -0.339 e. The Hall–Kier alpha value is -2.25. The number of carbonyl (C=O) groups excluding carboxylic acids is 2. The first-order valence-corrected chi connectivity index (χ1v) is 8.74. The molecule has 134 valence electrons. The van der Waals surface area contributed by atoms with Crippen LogP contribution in [-0.2, 0) is 16.1 Å². The van der Waals surface area contributed by atoms with Gasteiger partial charge in [-0.1, -0.05) is 6.07 Å². The second kappa shape index (κ2) is 8.73. The minimum absolute atomic E-state index is 0.0497. The molecule has 0 aliphatic rings. The number of nitrogens with zero attached hydrogens (tertiary/aromatic N) is 2. The van der Waals surface area contributed by atoms with Crippen molar-refractivity contribution < 1.29 is 14.0 Å². The molecule has 25 heavy (non-hydrogen) atoms. The first kappa shape index (κ1) is 19.1. The van der Waals surface area contributed by atoms with Gasteiger partial charge in [0.25, 0.3) is 0 Å². The highest BCUT2D eigenvalue weighted by Gasteiger charge is 2.15. The third kappa shape index (κ3) is 5.95. The Morgan fingerprint density at radius 1 is 1.20 bits per heavy atom. The summed E-state index contributed by atoms with van der Waals surface area (Å²) in [5, 5.41) is 4.62. The number of benzene rings is 1. The maximum absolute atomic E-state index is 13.1. The van der Waals surface area contributed by atoms with E-state index in [1.165, 1.54) is 23.8 Å². The molecule has 2 amide bonds. The summed E-state index contributed by atoms with van der Waals surface area (Å²) < 4.78 is 13.1. The predicted octanol–water partition coefficient (Wildman–Crippen LogP) is 2.72. The monoisotopic (exact) mass is 363 g/mol. The predicted molar refractivity (Wildman–Crippen MR) is 98.1 cm³/mol. The van der Waals surface area contributed by atoms with Gasteiger partial charge < -0.3 is 10.2 Å². The molecule has 1 aromatic carbocycles. The summed E-state index contributed by atoms with van der Waals surface area (Å²) in [4.78, 5) is 28.7. The maximum atomic E-state index is 13.1. The molecule has 2 rings (SSSR count). The van der Waals surface area contributed by atoms with Gasteiger partial charge >= 0.3 is 0 Å². The lowest BCUT2D eigenvalue weighted by molar-refractivity contribution is -0.131. The third-order valence-corrected chi connectivity index (χ3v) is 4.71. The molecule has 2 aromatic rings. The fraction of sp³-hybridized carbons (Fsp3) is 0.333. The zero-order chi connectivity index (χ0) is 18.4. The van der Waals surface area contributed by atoms with Crippen LogP contribution in [0.3, 0.4) is 0 Å². The van der Waals surface area contributed by atoms with Crippen LogP contribution in [0.1, 0.15) is 10.4 Å². The number of aryl methyl sites for hydroxylation is 1. The number of anilines is 1. The van der Waals surface area contributed by atoms with E-state index in [0.717, 1.165) is 4.88 Å². The van der Waals surface area contributed by atoms with E-state index in [-0.39, 0.29) is 24.9 Å². The Kier molecular flexibility index (Phi) is 6.66. The summed E-state index contributed by atoms with van der Waals surface area (Å²) >= 11 is 1.62. The van der Waals surface area contributed by atoms with Crippen LogP contribution < -0.4 is 5.32 Å². The highest BCUT2D eigenvalue weighted by molar-refractivity contribution is 7.10. The van der Waals surface area contributed by atoms with E-state index in [2.05, 4.69) is 5.32 Å². The lowest BCUT2D eigenvalue weighted by Crippen LogP contribution is -2.39. The van der Waals surface area contributed by atoms with Crippen molar-refractivity contribution in [2.45, 2.75) is 13.5 Å². The van der Waals surface area contributed by atoms with Gasteiger partial charge in [-0.3, -0.25) is 14.5 Å². The number of nitrogens with one attached hydrogen (secondary N) is 1. The van der Waals surface area contributed by atoms with Gasteiger partial charge in [-0.05, 0) is 49.2 Å². The second-order valence-corrected chi connectivity index (χ2v) is 7.01. The lowest BCUT2D eigenvalue weighted by atomic mass is 10.3. The summed E-state index contributed by atoms with van der Waals surface area (Å²) in [5.41, 5.74) is 1.57. The van der Waals surface area contributed by atoms with Gasteiger partial charge in [0.1, 0.15) is 5.82 Å². The molecule has 0 radical (unpaired) electrons. The number of halogens is 1. The fourth-order valence-electron chi connectivity index (χ4n) is 2.29. The number of hydrogen-bond donors (Lipinski definition) is 1. The zero-order valence-electron chi connectivity index (χ0n) is 14.6. The molecule has 0 spiro atoms. The van der Waals surface area contributed by atoms with Crippen LogP contribution in [0.5, 0.6) is 0 Å². The van der Waals surface area contributed by atoms with Crippen LogP contribution in [0.4, 0.5) is 10.1 Å². The Morgan fingerprint density at radius 2 is 1.96 bits per heavy atom. The summed E-state index contributed by atoms with van der Waals surface area (Å²) in [7, 11) is 3.45. The summed E-state index contributed by atoms with van der Waals surface area (Å²) in [6.07, 6.45) is 0. The smallest absolute Gasteiger partial charge is 0.238 e. The number of thiophene rings is 1. The van der Waals surface area contributed by atoms with Crippen LogP contribution in [0, 0.1) is 12.7 Å². The Balaban J connectivity index is 1.80. The van der Waals surface area contributed by atoms with Crippen molar-refractivity contribution in [1.82, 2.24) is 9.80 Å². The number of amides is 2. The lowest BCUT2D eigenvalue weighted by Gasteiger charge is -2.21. The van der Waals surface area contributed by atoms with Gasteiger partial charge in [0.05, 0.1) is 19.6 Å². The molecule has 0 bridgehead atoms. The minimum atomic E-state index is -0.410. The number of likely N-dealkylation sites (N-methyl/N-ethyl adjacent to an activating group) is 2. The average molecular weight is 363 g/mol. The number of hydrogen-bond acceptors (Lipinski definition) is 4. The summed E-state index contributed by atoms with van der Waals surface area (Å²) in [6, 6.07) is 7.73. The van der Waals surface area contributed by atoms with Crippen LogP contribution in [-0.4, -0.2) is 48.8 Å². The molecule has 0 fully saturated rings. The van der Waals surface area contributed by atoms with E-state index < -0.39 is 5.82 Å². The molecule has 0 aliphatic carbocycles. The summed E-state index contributed by atoms with van der Waals surface area (Å²) in [5.74, 6) is -0.765. The highest BCUT2D eigenvalue weighted by Crippen LogP contribution is 2.17. The SMILES string of the molecule is Cc1ccsc1CN(C)C(=O)CN(C)CC(=O)Nc1cccc(F)c1. The van der Waals surface area contributed by atoms with Crippen molar-refractivity contribution in [3.63, 3.8) is 0 Å². The summed E-state index contributed by atoms with van der Waals surface area (Å²) in [6.45, 7) is 2.77. The molecule has 7 heteroatoms. The third-order valence-electron chi connectivity index (χ3n) is 3.70. The topological polar surface area (TPSA) is 52.7 Å². The van der Waals surface area contributed by atoms with Crippen LogP contribution in [0.2, 0.25) is 0 Å². The van der Waals surface area contributed by atoms with Crippen LogP contribution in [0.25, 0.3) is 0 Å². The fourth-order valence-corrected chi connectivity index (χ4v) is 3.25. The van der Waals surface area contributed by atoms with E-state index in [1.807, 2.05) is 18.4 Å². The Bertz CT molecular complexity index is 747. The van der Waals surface area contributed by atoms with Crippen molar-refractivity contribution in [3.05, 3.63) is 52.0 Å². The van der Waals surface area contributed by atoms with Gasteiger partial charge in [-0.15, -0.1) is 11.3 Å². The van der Waals surface area contributed by atoms with Gasteiger partial charge in [0.15, 0.2) is 0 Å². The van der Waals surface area contributed by atoms with E-state index in [1.54, 1.807) is 41.3 Å². The molecule has 0 atom stereocenters. The normalized spacial score (nSPS) is 10.8. The van der Waals surface area contributed by atoms with E-state index in [0.29, 0.717) is 12.2 Å². The van der Waals surface area contributed by atoms with E-state index in [9.17, 15) is 14.0 Å². The molecule has 0 unspecified atom stereocenters. The molecule has 5 nitrogen and oxygen atoms in total. The van der Waals surface area contributed by atoms with Crippen molar-refractivity contribution >= 4 is 28.8 Å². The Morgan fingerprint density at radius 3 is 2.60 bits per heavy atom. The molecule has 1 N–H and O–H groups in total. The maximum Gasteiger partial charge on any atom is 0.238 e. The number of carbonyl (C=O) groups is 2. The van der Waals surface area contributed by atoms with Gasteiger partial charge in [0, 0.05) is 17.6 Å². The standard InChI is InChI=1S/C18H22FN3O2S/c1-13-7-8-25-16(13)10-22(3)18(24)12-21(2)11-17(23)20-15-6-4-5-14(19)9-15/h4-9H,10-12H2,1-3H3,(H,20,23). The molecule has 0 saturated heterocycles. The van der Waals surface area contributed by atoms with E-state index >= 15 is 0 Å². The highest BCUT2D eigenvalue weighted by atomic mass is 32.1.